The third-order valence-corrected chi connectivity index (χ3v) is 1.94. The molecular formula is C7H10N2O. The molecule has 54 valence electrons. The lowest BCUT2D eigenvalue weighted by atomic mass is 10.2. The van der Waals surface area contributed by atoms with Crippen molar-refractivity contribution in [1.29, 1.82) is 0 Å². The number of hydrogen-bond donors (Lipinski definition) is 0. The Labute approximate surface area is 59.7 Å². The van der Waals surface area contributed by atoms with E-state index in [0.717, 1.165) is 18.1 Å². The molecule has 0 bridgehead atoms. The van der Waals surface area contributed by atoms with Crippen LogP contribution in [-0.2, 0) is 0 Å². The number of rotatable bonds is 0. The second kappa shape index (κ2) is 1.75. The molecule has 1 aliphatic heterocycles. The molecule has 1 aromatic rings. The van der Waals surface area contributed by atoms with Gasteiger partial charge in [-0.1, -0.05) is 6.92 Å². The van der Waals surface area contributed by atoms with Crippen molar-refractivity contribution in [2.45, 2.75) is 12.8 Å². The first kappa shape index (κ1) is 5.77. The molecule has 0 aliphatic carbocycles. The van der Waals surface area contributed by atoms with Gasteiger partial charge in [0.25, 0.3) is 0 Å². The molecule has 0 saturated carbocycles. The molecule has 1 aromatic heterocycles. The van der Waals surface area contributed by atoms with Crippen molar-refractivity contribution >= 4 is 5.88 Å². The number of oxazole rings is 1. The zero-order valence-electron chi connectivity index (χ0n) is 6.16. The van der Waals surface area contributed by atoms with Gasteiger partial charge in [-0.2, -0.15) is 0 Å². The highest BCUT2D eigenvalue weighted by Gasteiger charge is 2.26. The summed E-state index contributed by atoms with van der Waals surface area (Å²) < 4.78 is 5.17. The summed E-state index contributed by atoms with van der Waals surface area (Å²) in [5.41, 5.74) is 1.10. The first-order chi connectivity index (χ1) is 4.79. The monoisotopic (exact) mass is 138 g/mol. The van der Waals surface area contributed by atoms with E-state index in [1.165, 1.54) is 6.39 Å². The molecule has 2 rings (SSSR count). The molecule has 0 N–H and O–H groups in total. The Hall–Kier alpha value is -0.990. The average Bonchev–Trinajstić information content (AvgIpc) is 2.39. The van der Waals surface area contributed by atoms with Gasteiger partial charge in [-0.25, -0.2) is 4.98 Å². The Morgan fingerprint density at radius 3 is 3.30 bits per heavy atom. The van der Waals surface area contributed by atoms with Gasteiger partial charge < -0.3 is 9.32 Å². The van der Waals surface area contributed by atoms with Crippen molar-refractivity contribution in [2.75, 3.05) is 18.5 Å². The Balaban J connectivity index is 2.48. The summed E-state index contributed by atoms with van der Waals surface area (Å²) in [5.74, 6) is 1.46. The lowest BCUT2D eigenvalue weighted by Gasteiger charge is -2.07. The molecule has 0 saturated heterocycles. The van der Waals surface area contributed by atoms with Gasteiger partial charge in [-0.05, 0) is 0 Å². The van der Waals surface area contributed by atoms with Gasteiger partial charge in [0.1, 0.15) is 5.69 Å². The Bertz CT molecular complexity index is 221. The van der Waals surface area contributed by atoms with Crippen LogP contribution < -0.4 is 4.90 Å². The predicted octanol–water partition coefficient (Wildman–Crippen LogP) is 1.23. The van der Waals surface area contributed by atoms with Crippen LogP contribution in [0.25, 0.3) is 0 Å². The summed E-state index contributed by atoms with van der Waals surface area (Å²) in [7, 11) is 2.02. The Kier molecular flexibility index (Phi) is 1.01. The molecule has 2 heterocycles. The van der Waals surface area contributed by atoms with Crippen molar-refractivity contribution < 1.29 is 4.42 Å². The van der Waals surface area contributed by atoms with Crippen molar-refractivity contribution in [3.05, 3.63) is 12.1 Å². The number of hydrogen-bond acceptors (Lipinski definition) is 3. The topological polar surface area (TPSA) is 29.3 Å². The van der Waals surface area contributed by atoms with Crippen molar-refractivity contribution in [1.82, 2.24) is 4.98 Å². The summed E-state index contributed by atoms with van der Waals surface area (Å²) in [6.07, 6.45) is 1.51. The zero-order valence-corrected chi connectivity index (χ0v) is 6.16. The van der Waals surface area contributed by atoms with E-state index >= 15 is 0 Å². The number of aromatic nitrogens is 1. The van der Waals surface area contributed by atoms with E-state index < -0.39 is 0 Å². The van der Waals surface area contributed by atoms with Gasteiger partial charge in [0, 0.05) is 19.5 Å². The van der Waals surface area contributed by atoms with E-state index in [9.17, 15) is 0 Å². The van der Waals surface area contributed by atoms with Crippen LogP contribution in [0.15, 0.2) is 10.8 Å². The van der Waals surface area contributed by atoms with Crippen LogP contribution in [0.3, 0.4) is 0 Å². The minimum Gasteiger partial charge on any atom is -0.428 e. The maximum absolute atomic E-state index is 5.17. The predicted molar refractivity (Wildman–Crippen MR) is 38.2 cm³/mol. The molecule has 0 unspecified atom stereocenters. The number of fused-ring (bicyclic) bond motifs is 1. The van der Waals surface area contributed by atoms with Crippen molar-refractivity contribution in [3.8, 4) is 0 Å². The van der Waals surface area contributed by atoms with E-state index in [4.69, 9.17) is 4.42 Å². The fourth-order valence-electron chi connectivity index (χ4n) is 1.45. The minimum absolute atomic E-state index is 0.527. The minimum atomic E-state index is 0.527. The van der Waals surface area contributed by atoms with Gasteiger partial charge in [0.05, 0.1) is 0 Å². The summed E-state index contributed by atoms with van der Waals surface area (Å²) in [4.78, 5) is 6.21. The SMILES string of the molecule is C[C@H]1CN(C)c2ocnc21. The fraction of sp³-hybridized carbons (Fsp3) is 0.571. The summed E-state index contributed by atoms with van der Waals surface area (Å²) in [6, 6.07) is 0. The second-order valence-corrected chi connectivity index (χ2v) is 2.82. The molecule has 3 heteroatoms. The highest BCUT2D eigenvalue weighted by molar-refractivity contribution is 5.47. The summed E-state index contributed by atoms with van der Waals surface area (Å²) in [5, 5.41) is 0. The molecule has 3 nitrogen and oxygen atoms in total. The molecule has 1 aliphatic rings. The molecule has 10 heavy (non-hydrogen) atoms. The number of nitrogens with zero attached hydrogens (tertiary/aromatic N) is 2. The third kappa shape index (κ3) is 0.574. The fourth-order valence-corrected chi connectivity index (χ4v) is 1.45. The maximum Gasteiger partial charge on any atom is 0.219 e. The summed E-state index contributed by atoms with van der Waals surface area (Å²) in [6.45, 7) is 3.19. The Morgan fingerprint density at radius 1 is 1.80 bits per heavy atom. The van der Waals surface area contributed by atoms with Crippen LogP contribution in [0.1, 0.15) is 18.5 Å². The standard InChI is InChI=1S/C7H10N2O/c1-5-3-9(2)7-6(5)8-4-10-7/h4-5H,3H2,1-2H3/t5-/m0/s1. The highest BCUT2D eigenvalue weighted by Crippen LogP contribution is 2.32. The second-order valence-electron chi connectivity index (χ2n) is 2.82. The van der Waals surface area contributed by atoms with Gasteiger partial charge in [0.2, 0.25) is 5.88 Å². The van der Waals surface area contributed by atoms with Crippen LogP contribution in [0.5, 0.6) is 0 Å². The van der Waals surface area contributed by atoms with Crippen LogP contribution >= 0.6 is 0 Å². The number of likely N-dealkylation sites (N-methyl/N-ethyl adjacent to an activating group) is 1. The Morgan fingerprint density at radius 2 is 2.60 bits per heavy atom. The number of anilines is 1. The van der Waals surface area contributed by atoms with Gasteiger partial charge >= 0.3 is 0 Å². The van der Waals surface area contributed by atoms with Gasteiger partial charge in [0.15, 0.2) is 6.39 Å². The van der Waals surface area contributed by atoms with Gasteiger partial charge in [-0.3, -0.25) is 0 Å². The normalized spacial score (nSPS) is 23.4. The van der Waals surface area contributed by atoms with E-state index in [1.807, 2.05) is 7.05 Å². The largest absolute Gasteiger partial charge is 0.428 e. The molecule has 0 fully saturated rings. The van der Waals surface area contributed by atoms with Crippen LogP contribution in [-0.4, -0.2) is 18.6 Å². The zero-order chi connectivity index (χ0) is 7.14. The van der Waals surface area contributed by atoms with Crippen molar-refractivity contribution in [2.24, 2.45) is 0 Å². The van der Waals surface area contributed by atoms with E-state index in [2.05, 4.69) is 16.8 Å². The van der Waals surface area contributed by atoms with Crippen LogP contribution in [0, 0.1) is 0 Å². The molecule has 1 atom stereocenters. The average molecular weight is 138 g/mol. The third-order valence-electron chi connectivity index (χ3n) is 1.94. The smallest absolute Gasteiger partial charge is 0.219 e. The summed E-state index contributed by atoms with van der Waals surface area (Å²) >= 11 is 0. The molecular weight excluding hydrogens is 128 g/mol. The highest BCUT2D eigenvalue weighted by atomic mass is 16.4. The molecule has 0 amide bonds. The molecule has 0 radical (unpaired) electrons. The quantitative estimate of drug-likeness (QED) is 0.540. The van der Waals surface area contributed by atoms with Gasteiger partial charge in [-0.15, -0.1) is 0 Å². The van der Waals surface area contributed by atoms with E-state index in [-0.39, 0.29) is 0 Å². The lowest BCUT2D eigenvalue weighted by Crippen LogP contribution is -2.13. The first-order valence-corrected chi connectivity index (χ1v) is 3.43. The van der Waals surface area contributed by atoms with Crippen molar-refractivity contribution in [3.63, 3.8) is 0 Å². The van der Waals surface area contributed by atoms with Crippen LogP contribution in [0.2, 0.25) is 0 Å². The van der Waals surface area contributed by atoms with E-state index in [1.54, 1.807) is 0 Å². The first-order valence-electron chi connectivity index (χ1n) is 3.43. The maximum atomic E-state index is 5.17. The van der Waals surface area contributed by atoms with E-state index in [0.29, 0.717) is 5.92 Å². The molecule has 0 spiro atoms. The lowest BCUT2D eigenvalue weighted by molar-refractivity contribution is 0.551. The van der Waals surface area contributed by atoms with Crippen LogP contribution in [0.4, 0.5) is 5.88 Å². The molecule has 0 aromatic carbocycles.